The van der Waals surface area contributed by atoms with E-state index in [1.54, 1.807) is 30.6 Å². The first-order valence-electron chi connectivity index (χ1n) is 5.46. The smallest absolute Gasteiger partial charge is 0.336 e. The van der Waals surface area contributed by atoms with E-state index in [1.807, 2.05) is 13.0 Å². The molecule has 1 aromatic heterocycles. The summed E-state index contributed by atoms with van der Waals surface area (Å²) in [7, 11) is 1.53. The zero-order chi connectivity index (χ0) is 13.1. The van der Waals surface area contributed by atoms with Gasteiger partial charge in [-0.05, 0) is 36.2 Å². The summed E-state index contributed by atoms with van der Waals surface area (Å²) in [6, 6.07) is 6.96. The Morgan fingerprint density at radius 1 is 1.39 bits per heavy atom. The number of aromatic carboxylic acids is 1. The van der Waals surface area contributed by atoms with Crippen LogP contribution in [0.2, 0.25) is 0 Å². The van der Waals surface area contributed by atoms with Gasteiger partial charge in [-0.3, -0.25) is 4.98 Å². The normalized spacial score (nSPS) is 10.1. The first-order chi connectivity index (χ1) is 8.63. The third kappa shape index (κ3) is 2.18. The Kier molecular flexibility index (Phi) is 3.28. The number of methoxy groups -OCH3 is 1. The third-order valence-corrected chi connectivity index (χ3v) is 2.74. The molecule has 0 atom stereocenters. The van der Waals surface area contributed by atoms with Crippen molar-refractivity contribution in [1.29, 1.82) is 0 Å². The molecule has 92 valence electrons. The zero-order valence-electron chi connectivity index (χ0n) is 10.2. The molecule has 1 aromatic carbocycles. The van der Waals surface area contributed by atoms with E-state index in [9.17, 15) is 9.90 Å². The number of ether oxygens (including phenoxy) is 1. The molecule has 0 unspecified atom stereocenters. The number of nitrogens with zero attached hydrogens (tertiary/aromatic N) is 1. The van der Waals surface area contributed by atoms with Gasteiger partial charge in [0.05, 0.1) is 12.7 Å². The van der Waals surface area contributed by atoms with Crippen molar-refractivity contribution >= 4 is 5.97 Å². The fourth-order valence-electron chi connectivity index (χ4n) is 1.85. The summed E-state index contributed by atoms with van der Waals surface area (Å²) in [5.74, 6) is -0.410. The first-order valence-corrected chi connectivity index (χ1v) is 5.46. The molecule has 0 spiro atoms. The zero-order valence-corrected chi connectivity index (χ0v) is 10.2. The molecule has 4 heteroatoms. The maximum atomic E-state index is 11.3. The number of hydrogen-bond donors (Lipinski definition) is 1. The Morgan fingerprint density at radius 2 is 2.17 bits per heavy atom. The van der Waals surface area contributed by atoms with E-state index < -0.39 is 5.97 Å². The van der Waals surface area contributed by atoms with Crippen LogP contribution in [0.4, 0.5) is 0 Å². The summed E-state index contributed by atoms with van der Waals surface area (Å²) < 4.78 is 5.15. The van der Waals surface area contributed by atoms with Crippen LogP contribution in [0.25, 0.3) is 11.1 Å². The molecule has 0 saturated heterocycles. The second kappa shape index (κ2) is 4.87. The van der Waals surface area contributed by atoms with Gasteiger partial charge in [-0.15, -0.1) is 0 Å². The molecule has 0 aliphatic rings. The van der Waals surface area contributed by atoms with Gasteiger partial charge in [0, 0.05) is 18.0 Å². The Hall–Kier alpha value is -2.36. The van der Waals surface area contributed by atoms with Gasteiger partial charge in [0.1, 0.15) is 5.75 Å². The minimum Gasteiger partial charge on any atom is -0.496 e. The van der Waals surface area contributed by atoms with E-state index >= 15 is 0 Å². The monoisotopic (exact) mass is 243 g/mol. The number of hydrogen-bond acceptors (Lipinski definition) is 3. The SMILES string of the molecule is COc1cc(C(=O)O)c(-c2cccnc2)cc1C. The van der Waals surface area contributed by atoms with Crippen LogP contribution in [0.1, 0.15) is 15.9 Å². The van der Waals surface area contributed by atoms with Gasteiger partial charge in [-0.1, -0.05) is 6.07 Å². The van der Waals surface area contributed by atoms with Crippen molar-refractivity contribution in [2.75, 3.05) is 7.11 Å². The number of carboxylic acids is 1. The van der Waals surface area contributed by atoms with Gasteiger partial charge >= 0.3 is 5.97 Å². The average Bonchev–Trinajstić information content (AvgIpc) is 2.39. The standard InChI is InChI=1S/C14H13NO3/c1-9-6-11(10-4-3-5-15-8-10)12(14(16)17)7-13(9)18-2/h3-8H,1-2H3,(H,16,17). The molecule has 2 aromatic rings. The summed E-state index contributed by atoms with van der Waals surface area (Å²) in [4.78, 5) is 15.3. The van der Waals surface area contributed by atoms with Crippen LogP contribution in [0.5, 0.6) is 5.75 Å². The fourth-order valence-corrected chi connectivity index (χ4v) is 1.85. The van der Waals surface area contributed by atoms with Crippen LogP contribution in [0, 0.1) is 6.92 Å². The molecule has 0 radical (unpaired) electrons. The van der Waals surface area contributed by atoms with Crippen molar-refractivity contribution in [2.45, 2.75) is 6.92 Å². The minimum atomic E-state index is -0.979. The summed E-state index contributed by atoms with van der Waals surface area (Å²) in [5, 5.41) is 9.26. The lowest BCUT2D eigenvalue weighted by atomic mass is 9.98. The molecule has 0 aliphatic carbocycles. The van der Waals surface area contributed by atoms with Crippen molar-refractivity contribution in [3.63, 3.8) is 0 Å². The number of aromatic nitrogens is 1. The van der Waals surface area contributed by atoms with Crippen LogP contribution in [0.3, 0.4) is 0 Å². The first kappa shape index (κ1) is 12.1. The predicted octanol–water partition coefficient (Wildman–Crippen LogP) is 2.76. The lowest BCUT2D eigenvalue weighted by Crippen LogP contribution is -2.02. The largest absolute Gasteiger partial charge is 0.496 e. The van der Waals surface area contributed by atoms with Gasteiger partial charge < -0.3 is 9.84 Å². The molecule has 0 fully saturated rings. The van der Waals surface area contributed by atoms with Crippen LogP contribution >= 0.6 is 0 Å². The van der Waals surface area contributed by atoms with Gasteiger partial charge in [0.15, 0.2) is 0 Å². The highest BCUT2D eigenvalue weighted by Crippen LogP contribution is 2.30. The van der Waals surface area contributed by atoms with E-state index in [0.29, 0.717) is 11.3 Å². The van der Waals surface area contributed by atoms with E-state index in [4.69, 9.17) is 4.74 Å². The molecular formula is C14H13NO3. The van der Waals surface area contributed by atoms with Crippen molar-refractivity contribution in [1.82, 2.24) is 4.98 Å². The summed E-state index contributed by atoms with van der Waals surface area (Å²) in [6.07, 6.45) is 3.30. The predicted molar refractivity (Wildman–Crippen MR) is 67.9 cm³/mol. The summed E-state index contributed by atoms with van der Waals surface area (Å²) in [5.41, 5.74) is 2.53. The average molecular weight is 243 g/mol. The Balaban J connectivity index is 2.66. The Labute approximate surface area is 105 Å². The van der Waals surface area contributed by atoms with E-state index in [-0.39, 0.29) is 5.56 Å². The molecule has 0 bridgehead atoms. The maximum absolute atomic E-state index is 11.3. The number of aryl methyl sites for hydroxylation is 1. The summed E-state index contributed by atoms with van der Waals surface area (Å²) >= 11 is 0. The molecular weight excluding hydrogens is 230 g/mol. The van der Waals surface area contributed by atoms with Crippen LogP contribution in [0.15, 0.2) is 36.7 Å². The molecule has 0 amide bonds. The Morgan fingerprint density at radius 3 is 2.72 bits per heavy atom. The van der Waals surface area contributed by atoms with Crippen LogP contribution < -0.4 is 4.74 Å². The second-order valence-corrected chi connectivity index (χ2v) is 3.91. The van der Waals surface area contributed by atoms with E-state index in [0.717, 1.165) is 11.1 Å². The molecule has 4 nitrogen and oxygen atoms in total. The highest BCUT2D eigenvalue weighted by atomic mass is 16.5. The second-order valence-electron chi connectivity index (χ2n) is 3.91. The molecule has 0 aliphatic heterocycles. The summed E-state index contributed by atoms with van der Waals surface area (Å²) in [6.45, 7) is 1.88. The van der Waals surface area contributed by atoms with E-state index in [2.05, 4.69) is 4.98 Å². The van der Waals surface area contributed by atoms with E-state index in [1.165, 1.54) is 7.11 Å². The van der Waals surface area contributed by atoms with Crippen molar-refractivity contribution in [3.8, 4) is 16.9 Å². The lowest BCUT2D eigenvalue weighted by molar-refractivity contribution is 0.0697. The van der Waals surface area contributed by atoms with Crippen molar-refractivity contribution < 1.29 is 14.6 Å². The number of carbonyl (C=O) groups is 1. The van der Waals surface area contributed by atoms with Gasteiger partial charge in [0.25, 0.3) is 0 Å². The lowest BCUT2D eigenvalue weighted by Gasteiger charge is -2.11. The Bertz CT molecular complexity index is 579. The third-order valence-electron chi connectivity index (χ3n) is 2.74. The molecule has 0 saturated carbocycles. The highest BCUT2D eigenvalue weighted by Gasteiger charge is 2.15. The number of benzene rings is 1. The molecule has 1 N–H and O–H groups in total. The molecule has 2 rings (SSSR count). The number of pyridine rings is 1. The van der Waals surface area contributed by atoms with Gasteiger partial charge in [-0.25, -0.2) is 4.79 Å². The maximum Gasteiger partial charge on any atom is 0.336 e. The van der Waals surface area contributed by atoms with Gasteiger partial charge in [-0.2, -0.15) is 0 Å². The number of rotatable bonds is 3. The van der Waals surface area contributed by atoms with Crippen molar-refractivity contribution in [3.05, 3.63) is 47.8 Å². The van der Waals surface area contributed by atoms with Gasteiger partial charge in [0.2, 0.25) is 0 Å². The fraction of sp³-hybridized carbons (Fsp3) is 0.143. The molecule has 1 heterocycles. The quantitative estimate of drug-likeness (QED) is 0.900. The minimum absolute atomic E-state index is 0.213. The number of carboxylic acid groups (broad SMARTS) is 1. The topological polar surface area (TPSA) is 59.4 Å². The van der Waals surface area contributed by atoms with Crippen LogP contribution in [-0.4, -0.2) is 23.2 Å². The van der Waals surface area contributed by atoms with Crippen LogP contribution in [-0.2, 0) is 0 Å². The molecule has 18 heavy (non-hydrogen) atoms. The van der Waals surface area contributed by atoms with Crippen molar-refractivity contribution in [2.24, 2.45) is 0 Å². The highest BCUT2D eigenvalue weighted by molar-refractivity contribution is 5.96.